The van der Waals surface area contributed by atoms with Gasteiger partial charge in [-0.25, -0.2) is 19.6 Å². The second-order valence-electron chi connectivity index (χ2n) is 9.08. The van der Waals surface area contributed by atoms with E-state index in [9.17, 15) is 9.59 Å². The van der Waals surface area contributed by atoms with Crippen LogP contribution in [-0.4, -0.2) is 31.0 Å². The van der Waals surface area contributed by atoms with Crippen molar-refractivity contribution in [2.45, 2.75) is 13.1 Å². The van der Waals surface area contributed by atoms with Crippen LogP contribution in [0, 0.1) is 0 Å². The molecular formula is C32H24N4O6. The number of carbonyl (C=O) groups excluding carboxylic acids is 2. The number of rotatable bonds is 10. The molecule has 0 aliphatic heterocycles. The first-order valence-electron chi connectivity index (χ1n) is 13.0. The topological polar surface area (TPSA) is 115 Å². The molecule has 0 amide bonds. The maximum Gasteiger partial charge on any atom is 0.338 e. The summed E-state index contributed by atoms with van der Waals surface area (Å²) in [5.74, 6) is -0.145. The number of allylic oxidation sites excluding steroid dienone is 2. The zero-order valence-corrected chi connectivity index (χ0v) is 22.2. The molecule has 0 radical (unpaired) electrons. The van der Waals surface area contributed by atoms with E-state index in [2.05, 4.69) is 9.97 Å². The Bertz CT molecular complexity index is 1740. The highest BCUT2D eigenvalue weighted by Crippen LogP contribution is 2.21. The Balaban J connectivity index is 0.998. The van der Waals surface area contributed by atoms with Crippen molar-refractivity contribution in [3.8, 4) is 12.0 Å². The van der Waals surface area contributed by atoms with Crippen LogP contribution in [0.1, 0.15) is 11.5 Å². The van der Waals surface area contributed by atoms with Crippen LogP contribution >= 0.6 is 0 Å². The molecular weight excluding hydrogens is 536 g/mol. The average molecular weight is 561 g/mol. The first-order chi connectivity index (χ1) is 20.6. The average Bonchev–Trinajstić information content (AvgIpc) is 3.79. The predicted molar refractivity (Wildman–Crippen MR) is 155 cm³/mol. The number of furan rings is 2. The summed E-state index contributed by atoms with van der Waals surface area (Å²) in [5, 5.41) is 2.03. The van der Waals surface area contributed by atoms with Gasteiger partial charge in [-0.05, 0) is 36.4 Å². The monoisotopic (exact) mass is 560 g/mol. The lowest BCUT2D eigenvalue weighted by Gasteiger charge is -2.04. The molecule has 0 atom stereocenters. The van der Waals surface area contributed by atoms with Crippen molar-refractivity contribution in [2.75, 3.05) is 0 Å². The number of ether oxygens (including phenoxy) is 2. The zero-order valence-electron chi connectivity index (χ0n) is 22.2. The molecule has 0 spiro atoms. The maximum atomic E-state index is 12.3. The van der Waals surface area contributed by atoms with Crippen LogP contribution in [0.3, 0.4) is 0 Å². The molecule has 0 N–H and O–H groups in total. The first kappa shape index (κ1) is 26.3. The van der Waals surface area contributed by atoms with Gasteiger partial charge < -0.3 is 18.3 Å². The van der Waals surface area contributed by atoms with Gasteiger partial charge in [0, 0.05) is 60.8 Å². The van der Waals surface area contributed by atoms with Gasteiger partial charge in [-0.15, -0.1) is 0 Å². The second kappa shape index (κ2) is 12.1. The number of carbonyl (C=O) groups is 2. The fraction of sp³-hybridized carbons (Fsp3) is 0.0625. The highest BCUT2D eigenvalue weighted by Gasteiger charge is 2.11. The lowest BCUT2D eigenvalue weighted by molar-refractivity contribution is -0.132. The summed E-state index contributed by atoms with van der Waals surface area (Å²) in [4.78, 5) is 32.8. The number of benzene rings is 2. The fourth-order valence-electron chi connectivity index (χ4n) is 4.20. The molecule has 6 rings (SSSR count). The van der Waals surface area contributed by atoms with E-state index in [1.165, 1.54) is 12.4 Å². The number of hydrogen-bond donors (Lipinski definition) is 0. The quantitative estimate of drug-likeness (QED) is 0.147. The van der Waals surface area contributed by atoms with E-state index in [0.29, 0.717) is 24.6 Å². The van der Waals surface area contributed by atoms with Crippen LogP contribution in [0.2, 0.25) is 0 Å². The molecule has 0 fully saturated rings. The van der Waals surface area contributed by atoms with Gasteiger partial charge in [0.25, 0.3) is 0 Å². The van der Waals surface area contributed by atoms with Gasteiger partial charge in [0.05, 0.1) is 0 Å². The van der Waals surface area contributed by atoms with Gasteiger partial charge in [-0.2, -0.15) is 0 Å². The third-order valence-corrected chi connectivity index (χ3v) is 6.15. The van der Waals surface area contributed by atoms with Crippen LogP contribution in [0.15, 0.2) is 119 Å². The summed E-state index contributed by atoms with van der Waals surface area (Å²) in [6, 6.07) is 19.5. The number of nitrogens with zero attached hydrogens (tertiary/aromatic N) is 4. The summed E-state index contributed by atoms with van der Waals surface area (Å²) in [6.07, 6.45) is 15.7. The molecule has 0 aliphatic rings. The lowest BCUT2D eigenvalue weighted by Crippen LogP contribution is -2.12. The summed E-state index contributed by atoms with van der Waals surface area (Å²) in [5.41, 5.74) is 1.61. The Morgan fingerprint density at radius 3 is 1.60 bits per heavy atom. The van der Waals surface area contributed by atoms with E-state index in [4.69, 9.17) is 18.3 Å². The Hall–Kier alpha value is -5.90. The van der Waals surface area contributed by atoms with Crippen molar-refractivity contribution in [1.29, 1.82) is 0 Å². The number of hydrogen-bond acceptors (Lipinski definition) is 8. The minimum absolute atomic E-state index is 0.0825. The van der Waals surface area contributed by atoms with E-state index < -0.39 is 11.9 Å². The molecule has 42 heavy (non-hydrogen) atoms. The Morgan fingerprint density at radius 2 is 1.14 bits per heavy atom. The highest BCUT2D eigenvalue weighted by atomic mass is 16.6. The SMILES string of the molecule is O=C(/C=C/C(=O)Oc1nccn1C/C=C/c1cc2ccccc2o1)Oc1nccn1C/C=C/c1cc2ccccc2o1. The van der Waals surface area contributed by atoms with Gasteiger partial charge in [-0.3, -0.25) is 9.13 Å². The fourth-order valence-corrected chi connectivity index (χ4v) is 4.20. The smallest absolute Gasteiger partial charge is 0.338 e. The summed E-state index contributed by atoms with van der Waals surface area (Å²) >= 11 is 0. The molecule has 208 valence electrons. The number of aromatic nitrogens is 4. The van der Waals surface area contributed by atoms with Gasteiger partial charge in [0.2, 0.25) is 0 Å². The van der Waals surface area contributed by atoms with Crippen molar-refractivity contribution >= 4 is 46.0 Å². The molecule has 2 aromatic carbocycles. The largest absolute Gasteiger partial charge is 0.457 e. The van der Waals surface area contributed by atoms with Crippen LogP contribution < -0.4 is 9.47 Å². The van der Waals surface area contributed by atoms with Gasteiger partial charge in [0.1, 0.15) is 22.7 Å². The normalized spacial score (nSPS) is 11.9. The van der Waals surface area contributed by atoms with E-state index >= 15 is 0 Å². The molecule has 0 unspecified atom stereocenters. The molecule has 4 aromatic heterocycles. The summed E-state index contributed by atoms with van der Waals surface area (Å²) in [6.45, 7) is 0.776. The van der Waals surface area contributed by atoms with Crippen LogP contribution in [0.25, 0.3) is 34.1 Å². The Morgan fingerprint density at radius 1 is 0.690 bits per heavy atom. The second-order valence-corrected chi connectivity index (χ2v) is 9.08. The van der Waals surface area contributed by atoms with Crippen molar-refractivity contribution in [2.24, 2.45) is 0 Å². The van der Waals surface area contributed by atoms with Crippen LogP contribution in [0.4, 0.5) is 0 Å². The third-order valence-electron chi connectivity index (χ3n) is 6.15. The summed E-state index contributed by atoms with van der Waals surface area (Å²) < 4.78 is 25.4. The predicted octanol–water partition coefficient (Wildman–Crippen LogP) is 6.07. The van der Waals surface area contributed by atoms with Crippen molar-refractivity contribution in [3.63, 3.8) is 0 Å². The summed E-state index contributed by atoms with van der Waals surface area (Å²) in [7, 11) is 0. The van der Waals surface area contributed by atoms with Gasteiger partial charge in [-0.1, -0.05) is 48.6 Å². The minimum Gasteiger partial charge on any atom is -0.457 e. The van der Waals surface area contributed by atoms with Crippen LogP contribution in [-0.2, 0) is 22.7 Å². The van der Waals surface area contributed by atoms with Gasteiger partial charge >= 0.3 is 24.0 Å². The molecule has 0 saturated heterocycles. The molecule has 0 aliphatic carbocycles. The van der Waals surface area contributed by atoms with Gasteiger partial charge in [0.15, 0.2) is 0 Å². The van der Waals surface area contributed by atoms with E-state index in [1.54, 1.807) is 21.5 Å². The maximum absolute atomic E-state index is 12.3. The Kier molecular flexibility index (Phi) is 7.58. The van der Waals surface area contributed by atoms with Crippen molar-refractivity contribution in [1.82, 2.24) is 19.1 Å². The molecule has 10 heteroatoms. The first-order valence-corrected chi connectivity index (χ1v) is 13.0. The number of fused-ring (bicyclic) bond motifs is 2. The van der Waals surface area contributed by atoms with E-state index in [1.807, 2.05) is 85.0 Å². The lowest BCUT2D eigenvalue weighted by atomic mass is 10.2. The van der Waals surface area contributed by atoms with Crippen molar-refractivity contribution < 1.29 is 27.9 Å². The number of para-hydroxylation sites is 2. The Labute approximate surface area is 239 Å². The van der Waals surface area contributed by atoms with Crippen LogP contribution in [0.5, 0.6) is 12.0 Å². The molecule has 0 bridgehead atoms. The molecule has 0 saturated carbocycles. The number of imidazole rings is 2. The highest BCUT2D eigenvalue weighted by molar-refractivity contribution is 5.93. The van der Waals surface area contributed by atoms with E-state index in [0.717, 1.165) is 34.1 Å². The molecule has 10 nitrogen and oxygen atoms in total. The van der Waals surface area contributed by atoms with Crippen molar-refractivity contribution in [3.05, 3.63) is 121 Å². The minimum atomic E-state index is -0.780. The standard InChI is InChI=1S/C32H24N4O6/c37-29(41-31-33-15-19-35(31)17-5-9-25-21-23-7-1-3-11-27(23)39-25)13-14-30(38)42-32-34-16-20-36(32)18-6-10-26-22-24-8-2-4-12-28(24)40-26/h1-16,19-22H,17-18H2/b9-5+,10-6+,14-13+. The molecule has 6 aromatic rings. The zero-order chi connectivity index (χ0) is 28.7. The molecule has 4 heterocycles. The third kappa shape index (κ3) is 6.28. The number of esters is 2. The van der Waals surface area contributed by atoms with E-state index in [-0.39, 0.29) is 12.0 Å².